The molecule has 1 aliphatic rings. The Hall–Kier alpha value is -1.47. The third-order valence-electron chi connectivity index (χ3n) is 3.28. The Kier molecular flexibility index (Phi) is 2.60. The monoisotopic (exact) mass is 266 g/mol. The number of aromatic nitrogens is 3. The molecule has 0 bridgehead atoms. The number of rotatable bonds is 4. The smallest absolute Gasteiger partial charge is 0.234 e. The average molecular weight is 266 g/mol. The van der Waals surface area contributed by atoms with E-state index in [0.29, 0.717) is 11.6 Å². The fourth-order valence-corrected chi connectivity index (χ4v) is 3.46. The molecule has 0 amide bonds. The summed E-state index contributed by atoms with van der Waals surface area (Å²) in [5.41, 5.74) is 0.528. The fourth-order valence-electron chi connectivity index (χ4n) is 2.09. The third-order valence-corrected chi connectivity index (χ3v) is 4.72. The van der Waals surface area contributed by atoms with Gasteiger partial charge in [-0.15, -0.1) is 0 Å². The van der Waals surface area contributed by atoms with Crippen LogP contribution in [0, 0.1) is 5.92 Å². The quantitative estimate of drug-likeness (QED) is 0.888. The van der Waals surface area contributed by atoms with Crippen LogP contribution in [0.1, 0.15) is 19.8 Å². The second-order valence-electron chi connectivity index (χ2n) is 4.52. The van der Waals surface area contributed by atoms with Crippen LogP contribution in [0.4, 0.5) is 0 Å². The zero-order valence-corrected chi connectivity index (χ0v) is 10.8. The van der Waals surface area contributed by atoms with E-state index in [2.05, 4.69) is 21.7 Å². The summed E-state index contributed by atoms with van der Waals surface area (Å²) in [5, 5.41) is 4.11. The van der Waals surface area contributed by atoms with Gasteiger partial charge in [0.25, 0.3) is 10.0 Å². The van der Waals surface area contributed by atoms with Gasteiger partial charge in [0.1, 0.15) is 0 Å². The van der Waals surface area contributed by atoms with Gasteiger partial charge in [-0.25, -0.2) is 22.6 Å². The SMILES string of the molecule is CC[C@@H]1C[C@H]1NS(=O)(=O)c1cnc2cccnn12. The molecule has 96 valence electrons. The molecule has 0 aliphatic heterocycles. The summed E-state index contributed by atoms with van der Waals surface area (Å²) in [7, 11) is -3.54. The minimum atomic E-state index is -3.54. The van der Waals surface area contributed by atoms with Gasteiger partial charge in [0.05, 0.1) is 6.20 Å². The molecule has 1 saturated carbocycles. The molecule has 7 heteroatoms. The molecule has 0 unspecified atom stereocenters. The van der Waals surface area contributed by atoms with Crippen LogP contribution >= 0.6 is 0 Å². The van der Waals surface area contributed by atoms with E-state index in [-0.39, 0.29) is 11.1 Å². The predicted octanol–water partition coefficient (Wildman–Crippen LogP) is 0.806. The molecule has 2 atom stereocenters. The standard InChI is InChI=1S/C11H14N4O2S/c1-2-8-6-9(8)14-18(16,17)11-7-12-10-4-3-5-13-15(10)11/h3-5,7-9,14H,2,6H2,1H3/t8-,9-/m1/s1. The molecule has 1 fully saturated rings. The Morgan fingerprint density at radius 1 is 1.56 bits per heavy atom. The number of hydrogen-bond donors (Lipinski definition) is 1. The number of nitrogens with zero attached hydrogens (tertiary/aromatic N) is 3. The van der Waals surface area contributed by atoms with Crippen molar-refractivity contribution >= 4 is 15.7 Å². The highest BCUT2D eigenvalue weighted by Gasteiger charge is 2.39. The van der Waals surface area contributed by atoms with Crippen molar-refractivity contribution in [1.82, 2.24) is 19.3 Å². The lowest BCUT2D eigenvalue weighted by molar-refractivity contribution is 0.568. The van der Waals surface area contributed by atoms with E-state index in [1.807, 2.05) is 0 Å². The number of fused-ring (bicyclic) bond motifs is 1. The molecule has 0 saturated heterocycles. The molecule has 2 heterocycles. The first-order valence-electron chi connectivity index (χ1n) is 5.93. The van der Waals surface area contributed by atoms with Gasteiger partial charge in [0.15, 0.2) is 10.7 Å². The van der Waals surface area contributed by atoms with E-state index in [4.69, 9.17) is 0 Å². The first-order valence-corrected chi connectivity index (χ1v) is 7.41. The van der Waals surface area contributed by atoms with Crippen molar-refractivity contribution in [3.63, 3.8) is 0 Å². The van der Waals surface area contributed by atoms with E-state index in [1.165, 1.54) is 10.7 Å². The summed E-state index contributed by atoms with van der Waals surface area (Å²) in [5.74, 6) is 0.465. The zero-order valence-electron chi connectivity index (χ0n) is 9.94. The predicted molar refractivity (Wildman–Crippen MR) is 65.5 cm³/mol. The Morgan fingerprint density at radius 2 is 2.39 bits per heavy atom. The molecule has 0 spiro atoms. The molecule has 2 aromatic rings. The van der Waals surface area contributed by atoms with E-state index >= 15 is 0 Å². The molecule has 1 aliphatic carbocycles. The number of sulfonamides is 1. The van der Waals surface area contributed by atoms with Gasteiger partial charge in [0, 0.05) is 12.2 Å². The summed E-state index contributed by atoms with van der Waals surface area (Å²) in [6.45, 7) is 2.06. The van der Waals surface area contributed by atoms with Crippen LogP contribution < -0.4 is 4.72 Å². The Labute approximate surface area is 105 Å². The minimum absolute atomic E-state index is 0.0641. The Balaban J connectivity index is 1.94. The van der Waals surface area contributed by atoms with Gasteiger partial charge < -0.3 is 0 Å². The molecule has 0 aromatic carbocycles. The summed E-state index contributed by atoms with van der Waals surface area (Å²) in [4.78, 5) is 4.03. The normalized spacial score (nSPS) is 23.4. The second kappa shape index (κ2) is 4.03. The Bertz CT molecular complexity index is 679. The maximum Gasteiger partial charge on any atom is 0.260 e. The minimum Gasteiger partial charge on any atom is -0.234 e. The lowest BCUT2D eigenvalue weighted by atomic mass is 10.3. The van der Waals surface area contributed by atoms with Crippen molar-refractivity contribution in [3.05, 3.63) is 24.5 Å². The summed E-state index contributed by atoms with van der Waals surface area (Å²) < 4.78 is 28.5. The topological polar surface area (TPSA) is 76.4 Å². The molecular weight excluding hydrogens is 252 g/mol. The van der Waals surface area contributed by atoms with Gasteiger partial charge in [-0.2, -0.15) is 5.10 Å². The molecule has 2 aromatic heterocycles. The third kappa shape index (κ3) is 1.89. The summed E-state index contributed by atoms with van der Waals surface area (Å²) in [6.07, 6.45) is 4.80. The molecule has 6 nitrogen and oxygen atoms in total. The van der Waals surface area contributed by atoms with Gasteiger partial charge in [-0.1, -0.05) is 13.3 Å². The van der Waals surface area contributed by atoms with Crippen LogP contribution in [-0.2, 0) is 10.0 Å². The Morgan fingerprint density at radius 3 is 3.11 bits per heavy atom. The van der Waals surface area contributed by atoms with E-state index in [0.717, 1.165) is 12.8 Å². The van der Waals surface area contributed by atoms with Crippen molar-refractivity contribution in [3.8, 4) is 0 Å². The first kappa shape index (κ1) is 11.6. The lowest BCUT2D eigenvalue weighted by Gasteiger charge is -2.04. The molecular formula is C11H14N4O2S. The zero-order chi connectivity index (χ0) is 12.8. The highest BCUT2D eigenvalue weighted by atomic mass is 32.2. The molecule has 3 rings (SSSR count). The van der Waals surface area contributed by atoms with Crippen molar-refractivity contribution in [2.24, 2.45) is 5.92 Å². The number of nitrogens with one attached hydrogen (secondary N) is 1. The largest absolute Gasteiger partial charge is 0.260 e. The van der Waals surface area contributed by atoms with Crippen LogP contribution in [0.5, 0.6) is 0 Å². The lowest BCUT2D eigenvalue weighted by Crippen LogP contribution is -2.28. The van der Waals surface area contributed by atoms with E-state index in [9.17, 15) is 8.42 Å². The second-order valence-corrected chi connectivity index (χ2v) is 6.18. The van der Waals surface area contributed by atoms with Crippen LogP contribution in [0.15, 0.2) is 29.6 Å². The number of hydrogen-bond acceptors (Lipinski definition) is 4. The van der Waals surface area contributed by atoms with Crippen LogP contribution in [-0.4, -0.2) is 29.1 Å². The van der Waals surface area contributed by atoms with Crippen LogP contribution in [0.2, 0.25) is 0 Å². The van der Waals surface area contributed by atoms with Crippen molar-refractivity contribution in [2.45, 2.75) is 30.8 Å². The fraction of sp³-hybridized carbons (Fsp3) is 0.455. The van der Waals surface area contributed by atoms with Crippen LogP contribution in [0.25, 0.3) is 5.65 Å². The van der Waals surface area contributed by atoms with Crippen molar-refractivity contribution < 1.29 is 8.42 Å². The number of imidazole rings is 1. The average Bonchev–Trinajstić information content (AvgIpc) is 2.93. The maximum absolute atomic E-state index is 12.2. The molecule has 0 radical (unpaired) electrons. The first-order chi connectivity index (χ1) is 8.62. The van der Waals surface area contributed by atoms with Gasteiger partial charge in [-0.05, 0) is 24.5 Å². The van der Waals surface area contributed by atoms with Crippen molar-refractivity contribution in [2.75, 3.05) is 0 Å². The maximum atomic E-state index is 12.2. The molecule has 18 heavy (non-hydrogen) atoms. The molecule has 1 N–H and O–H groups in total. The highest BCUT2D eigenvalue weighted by Crippen LogP contribution is 2.34. The summed E-state index contributed by atoms with van der Waals surface area (Å²) >= 11 is 0. The van der Waals surface area contributed by atoms with Crippen LogP contribution in [0.3, 0.4) is 0 Å². The van der Waals surface area contributed by atoms with E-state index < -0.39 is 10.0 Å². The van der Waals surface area contributed by atoms with E-state index in [1.54, 1.807) is 18.3 Å². The van der Waals surface area contributed by atoms with Gasteiger partial charge >= 0.3 is 0 Å². The summed E-state index contributed by atoms with van der Waals surface area (Å²) in [6, 6.07) is 3.51. The van der Waals surface area contributed by atoms with Crippen molar-refractivity contribution in [1.29, 1.82) is 0 Å². The van der Waals surface area contributed by atoms with Gasteiger partial charge in [0.2, 0.25) is 0 Å². The van der Waals surface area contributed by atoms with Gasteiger partial charge in [-0.3, -0.25) is 0 Å². The highest BCUT2D eigenvalue weighted by molar-refractivity contribution is 7.89.